The molecule has 0 spiro atoms. The minimum atomic E-state index is -0.666. The van der Waals surface area contributed by atoms with Gasteiger partial charge in [-0.1, -0.05) is 12.5 Å². The van der Waals surface area contributed by atoms with Crippen molar-refractivity contribution < 1.29 is 13.9 Å². The maximum Gasteiger partial charge on any atom is 0.153 e. The van der Waals surface area contributed by atoms with Crippen molar-refractivity contribution in [1.29, 1.82) is 0 Å². The summed E-state index contributed by atoms with van der Waals surface area (Å²) in [6, 6.07) is 4.50. The predicted octanol–water partition coefficient (Wildman–Crippen LogP) is 5.94. The van der Waals surface area contributed by atoms with Crippen molar-refractivity contribution in [3.05, 3.63) is 69.8 Å². The fourth-order valence-electron chi connectivity index (χ4n) is 4.25. The standard InChI is InChI=1S/C29H39F2N7OS/c1-7-17(2)26(21(15-32)16-33-10-11-39)27(20-8-9-20)29(35-25-12-18(3)36-37-25)34-19(4)38(5)28-23(30)13-22(40-6)14-24(28)31/h12-16,20,39H,7-11,32H2,1-6H3,(H2,35,36,37)/b21-15+,26-17+,29-27+,33-16?,34-19+. The molecule has 1 aliphatic carbocycles. The highest BCUT2D eigenvalue weighted by molar-refractivity contribution is 7.98. The quantitative estimate of drug-likeness (QED) is 0.109. The number of benzene rings is 1. The van der Waals surface area contributed by atoms with E-state index in [1.807, 2.05) is 19.9 Å². The van der Waals surface area contributed by atoms with E-state index < -0.39 is 11.6 Å². The van der Waals surface area contributed by atoms with Crippen LogP contribution in [0.3, 0.4) is 0 Å². The Bertz CT molecular complexity index is 1330. The molecule has 1 aromatic heterocycles. The van der Waals surface area contributed by atoms with Gasteiger partial charge in [0.1, 0.15) is 17.3 Å². The van der Waals surface area contributed by atoms with Crippen LogP contribution in [0, 0.1) is 24.5 Å². The van der Waals surface area contributed by atoms with Crippen molar-refractivity contribution in [3.63, 3.8) is 0 Å². The Morgan fingerprint density at radius 2 is 1.95 bits per heavy atom. The fraction of sp³-hybridized carbons (Fsp3) is 0.414. The van der Waals surface area contributed by atoms with Crippen LogP contribution >= 0.6 is 11.8 Å². The zero-order chi connectivity index (χ0) is 29.4. The zero-order valence-corrected chi connectivity index (χ0v) is 24.8. The minimum absolute atomic E-state index is 0.0718. The molecule has 5 N–H and O–H groups in total. The van der Waals surface area contributed by atoms with Gasteiger partial charge in [0.25, 0.3) is 0 Å². The Morgan fingerprint density at radius 1 is 1.27 bits per heavy atom. The molecule has 216 valence electrons. The molecule has 1 aromatic carbocycles. The first-order valence-electron chi connectivity index (χ1n) is 13.2. The molecule has 0 amide bonds. The lowest BCUT2D eigenvalue weighted by Crippen LogP contribution is -2.26. The third-order valence-electron chi connectivity index (χ3n) is 6.67. The van der Waals surface area contributed by atoms with Gasteiger partial charge in [0.15, 0.2) is 17.5 Å². The molecule has 0 radical (unpaired) electrons. The molecule has 0 bridgehead atoms. The SMILES string of the molecule is CC/C(C)=C(C(\C=NCCO)=C\N)/C(=C(\N=C(/C)N(C)c1c(F)cc(SC)cc1F)Nc1cc(C)[nH]n1)C1CC1. The maximum absolute atomic E-state index is 15.0. The Balaban J connectivity index is 2.24. The van der Waals surface area contributed by atoms with Crippen LogP contribution in [0.25, 0.3) is 0 Å². The molecule has 2 aromatic rings. The number of anilines is 2. The molecule has 8 nitrogen and oxygen atoms in total. The summed E-state index contributed by atoms with van der Waals surface area (Å²) < 4.78 is 30.0. The topological polar surface area (TPSA) is 115 Å². The van der Waals surface area contributed by atoms with Gasteiger partial charge < -0.3 is 21.1 Å². The molecular formula is C29H39F2N7OS. The van der Waals surface area contributed by atoms with Gasteiger partial charge >= 0.3 is 0 Å². The van der Waals surface area contributed by atoms with Gasteiger partial charge in [-0.05, 0) is 69.9 Å². The number of aromatic amines is 1. The Kier molecular flexibility index (Phi) is 11.1. The van der Waals surface area contributed by atoms with Gasteiger partial charge in [-0.25, -0.2) is 13.8 Å². The van der Waals surface area contributed by atoms with Crippen LogP contribution < -0.4 is 16.0 Å². The van der Waals surface area contributed by atoms with Crippen molar-refractivity contribution >= 4 is 35.3 Å². The number of aryl methyl sites for hydroxylation is 1. The van der Waals surface area contributed by atoms with Crippen LogP contribution in [0.15, 0.2) is 67.4 Å². The molecule has 1 fully saturated rings. The van der Waals surface area contributed by atoms with E-state index in [-0.39, 0.29) is 24.8 Å². The highest BCUT2D eigenvalue weighted by Crippen LogP contribution is 2.45. The van der Waals surface area contributed by atoms with E-state index in [2.05, 4.69) is 27.4 Å². The van der Waals surface area contributed by atoms with Crippen molar-refractivity contribution in [3.8, 4) is 0 Å². The lowest BCUT2D eigenvalue weighted by Gasteiger charge is -2.23. The molecule has 0 atom stereocenters. The second kappa shape index (κ2) is 14.3. The van der Waals surface area contributed by atoms with E-state index in [1.54, 1.807) is 26.4 Å². The van der Waals surface area contributed by atoms with Crippen molar-refractivity contribution in [2.75, 3.05) is 36.7 Å². The van der Waals surface area contributed by atoms with E-state index in [1.165, 1.54) is 35.0 Å². The van der Waals surface area contributed by atoms with E-state index in [4.69, 9.17) is 10.7 Å². The van der Waals surface area contributed by atoms with E-state index in [0.29, 0.717) is 27.9 Å². The van der Waals surface area contributed by atoms with Gasteiger partial charge in [-0.15, -0.1) is 11.8 Å². The first kappa shape index (κ1) is 31.1. The maximum atomic E-state index is 15.0. The number of hydrogen-bond acceptors (Lipinski definition) is 7. The van der Waals surface area contributed by atoms with Gasteiger partial charge in [0.05, 0.1) is 13.2 Å². The van der Waals surface area contributed by atoms with Crippen LogP contribution in [0.2, 0.25) is 0 Å². The van der Waals surface area contributed by atoms with Crippen molar-refractivity contribution in [2.45, 2.75) is 51.9 Å². The lowest BCUT2D eigenvalue weighted by atomic mass is 9.89. The Morgan fingerprint density at radius 3 is 2.45 bits per heavy atom. The first-order chi connectivity index (χ1) is 19.1. The summed E-state index contributed by atoms with van der Waals surface area (Å²) in [6.07, 6.45) is 7.61. The Labute approximate surface area is 239 Å². The number of allylic oxidation sites excluding steroid dienone is 4. The molecule has 1 saturated carbocycles. The second-order valence-corrected chi connectivity index (χ2v) is 10.5. The number of aromatic nitrogens is 2. The molecule has 0 saturated heterocycles. The summed E-state index contributed by atoms with van der Waals surface area (Å²) in [6.45, 7) is 7.89. The van der Waals surface area contributed by atoms with Gasteiger partial charge in [0.2, 0.25) is 0 Å². The van der Waals surface area contributed by atoms with Gasteiger partial charge in [-0.3, -0.25) is 10.1 Å². The third kappa shape index (κ3) is 7.60. The van der Waals surface area contributed by atoms with Crippen LogP contribution in [0.1, 0.15) is 45.7 Å². The smallest absolute Gasteiger partial charge is 0.153 e. The number of rotatable bonds is 12. The number of nitrogens with one attached hydrogen (secondary N) is 2. The fourth-order valence-corrected chi connectivity index (χ4v) is 4.69. The lowest BCUT2D eigenvalue weighted by molar-refractivity contribution is 0.307. The van der Waals surface area contributed by atoms with Crippen molar-refractivity contribution in [1.82, 2.24) is 10.2 Å². The number of thioether (sulfide) groups is 1. The highest BCUT2D eigenvalue weighted by Gasteiger charge is 2.33. The van der Waals surface area contributed by atoms with Gasteiger partial charge in [-0.2, -0.15) is 5.10 Å². The first-order valence-corrected chi connectivity index (χ1v) is 14.5. The molecule has 3 rings (SSSR count). The summed E-state index contributed by atoms with van der Waals surface area (Å²) in [4.78, 5) is 11.2. The van der Waals surface area contributed by atoms with E-state index in [0.717, 1.165) is 41.7 Å². The number of hydrogen-bond donors (Lipinski definition) is 4. The number of H-pyrrole nitrogens is 1. The number of amidine groups is 1. The Hall–Kier alpha value is -3.44. The highest BCUT2D eigenvalue weighted by atomic mass is 32.2. The zero-order valence-electron chi connectivity index (χ0n) is 24.0. The normalized spacial score (nSPS) is 15.8. The van der Waals surface area contributed by atoms with Crippen LogP contribution in [-0.2, 0) is 0 Å². The number of nitrogens with two attached hydrogens (primary N) is 1. The largest absolute Gasteiger partial charge is 0.404 e. The summed E-state index contributed by atoms with van der Waals surface area (Å²) in [5, 5.41) is 19.9. The predicted molar refractivity (Wildman–Crippen MR) is 162 cm³/mol. The molecule has 0 aliphatic heterocycles. The van der Waals surface area contributed by atoms with Crippen molar-refractivity contribution in [2.24, 2.45) is 21.6 Å². The number of aliphatic hydroxyl groups excluding tert-OH is 1. The molecule has 1 heterocycles. The number of aliphatic imine (C=N–C) groups is 2. The average molecular weight is 572 g/mol. The number of nitrogens with zero attached hydrogens (tertiary/aromatic N) is 4. The molecule has 0 unspecified atom stereocenters. The van der Waals surface area contributed by atoms with E-state index in [9.17, 15) is 5.11 Å². The summed E-state index contributed by atoms with van der Waals surface area (Å²) in [7, 11) is 1.59. The summed E-state index contributed by atoms with van der Waals surface area (Å²) >= 11 is 1.27. The number of halogens is 2. The monoisotopic (exact) mass is 571 g/mol. The minimum Gasteiger partial charge on any atom is -0.404 e. The third-order valence-corrected chi connectivity index (χ3v) is 7.37. The van der Waals surface area contributed by atoms with Crippen LogP contribution in [0.4, 0.5) is 20.3 Å². The molecule has 1 aliphatic rings. The molecule has 40 heavy (non-hydrogen) atoms. The number of aliphatic hydroxyl groups is 1. The van der Waals surface area contributed by atoms with Crippen LogP contribution in [-0.4, -0.2) is 53.8 Å². The molecular weight excluding hydrogens is 532 g/mol. The van der Waals surface area contributed by atoms with E-state index >= 15 is 8.78 Å². The second-order valence-electron chi connectivity index (χ2n) is 9.65. The average Bonchev–Trinajstić information content (AvgIpc) is 3.68. The molecule has 11 heteroatoms. The summed E-state index contributed by atoms with van der Waals surface area (Å²) in [5.41, 5.74) is 10.4. The van der Waals surface area contributed by atoms with Gasteiger partial charge in [0, 0.05) is 47.3 Å². The summed E-state index contributed by atoms with van der Waals surface area (Å²) in [5.74, 6) is 0.312. The van der Waals surface area contributed by atoms with Crippen LogP contribution in [0.5, 0.6) is 0 Å².